The van der Waals surface area contributed by atoms with E-state index in [0.29, 0.717) is 5.56 Å². The largest absolute Gasteiger partial charge is 0.471 e. The second kappa shape index (κ2) is 4.98. The molecule has 1 rings (SSSR count). The van der Waals surface area contributed by atoms with E-state index in [0.717, 1.165) is 0 Å². The van der Waals surface area contributed by atoms with Gasteiger partial charge in [0, 0.05) is 12.3 Å². The molecule has 0 saturated carbocycles. The van der Waals surface area contributed by atoms with Crippen LogP contribution in [0.4, 0.5) is 18.9 Å². The number of amides is 1. The zero-order valence-corrected chi connectivity index (χ0v) is 8.21. The van der Waals surface area contributed by atoms with E-state index in [1.807, 2.05) is 0 Å². The maximum Gasteiger partial charge on any atom is 0.471 e. The Hall–Kier alpha value is -1.56. The van der Waals surface area contributed by atoms with Crippen LogP contribution in [0.15, 0.2) is 24.3 Å². The van der Waals surface area contributed by atoms with Crippen LogP contribution in [0.25, 0.3) is 0 Å². The van der Waals surface area contributed by atoms with Crippen LogP contribution in [-0.2, 0) is 11.2 Å². The van der Waals surface area contributed by atoms with E-state index in [2.05, 4.69) is 0 Å². The molecule has 0 unspecified atom stereocenters. The van der Waals surface area contributed by atoms with Crippen LogP contribution < -0.4 is 5.32 Å². The molecule has 0 radical (unpaired) electrons. The van der Waals surface area contributed by atoms with E-state index >= 15 is 0 Å². The average Bonchev–Trinajstić information content (AvgIpc) is 2.20. The van der Waals surface area contributed by atoms with Gasteiger partial charge in [-0.3, -0.25) is 4.79 Å². The SMILES string of the molecule is O=C(Nc1ccccc1CCO)C(F)(F)F. The van der Waals surface area contributed by atoms with Crippen LogP contribution in [-0.4, -0.2) is 23.8 Å². The van der Waals surface area contributed by atoms with Gasteiger partial charge in [0.05, 0.1) is 0 Å². The Morgan fingerprint density at radius 1 is 1.31 bits per heavy atom. The van der Waals surface area contributed by atoms with Crippen molar-refractivity contribution in [2.75, 3.05) is 11.9 Å². The number of anilines is 1. The molecule has 0 fully saturated rings. The van der Waals surface area contributed by atoms with Gasteiger partial charge >= 0.3 is 12.1 Å². The highest BCUT2D eigenvalue weighted by atomic mass is 19.4. The van der Waals surface area contributed by atoms with E-state index in [1.54, 1.807) is 17.4 Å². The van der Waals surface area contributed by atoms with Crippen molar-refractivity contribution >= 4 is 11.6 Å². The third kappa shape index (κ3) is 3.23. The third-order valence-electron chi connectivity index (χ3n) is 1.90. The smallest absolute Gasteiger partial charge is 0.396 e. The summed E-state index contributed by atoms with van der Waals surface area (Å²) in [7, 11) is 0. The van der Waals surface area contributed by atoms with Crippen LogP contribution in [0.2, 0.25) is 0 Å². The van der Waals surface area contributed by atoms with E-state index < -0.39 is 12.1 Å². The summed E-state index contributed by atoms with van der Waals surface area (Å²) in [5, 5.41) is 10.5. The minimum atomic E-state index is -4.91. The number of nitrogens with one attached hydrogen (secondary N) is 1. The zero-order chi connectivity index (χ0) is 12.2. The minimum absolute atomic E-state index is 0.0684. The number of hydrogen-bond acceptors (Lipinski definition) is 2. The third-order valence-corrected chi connectivity index (χ3v) is 1.90. The van der Waals surface area contributed by atoms with Crippen molar-refractivity contribution in [3.05, 3.63) is 29.8 Å². The monoisotopic (exact) mass is 233 g/mol. The molecule has 1 aromatic carbocycles. The van der Waals surface area contributed by atoms with Gasteiger partial charge < -0.3 is 10.4 Å². The van der Waals surface area contributed by atoms with Crippen LogP contribution in [0.5, 0.6) is 0 Å². The van der Waals surface area contributed by atoms with E-state index in [-0.39, 0.29) is 18.7 Å². The summed E-state index contributed by atoms with van der Waals surface area (Å²) in [6, 6.07) is 6.03. The Morgan fingerprint density at radius 2 is 1.94 bits per heavy atom. The molecular formula is C10H10F3NO2. The molecule has 0 heterocycles. The predicted molar refractivity (Wildman–Crippen MR) is 51.9 cm³/mol. The standard InChI is InChI=1S/C10H10F3NO2/c11-10(12,13)9(16)14-8-4-2-1-3-7(8)5-6-15/h1-4,15H,5-6H2,(H,14,16). The lowest BCUT2D eigenvalue weighted by Crippen LogP contribution is -2.30. The molecule has 0 aromatic heterocycles. The van der Waals surface area contributed by atoms with Crippen molar-refractivity contribution < 1.29 is 23.1 Å². The second-order valence-corrected chi connectivity index (χ2v) is 3.08. The first-order valence-corrected chi connectivity index (χ1v) is 4.52. The molecule has 88 valence electrons. The molecule has 0 spiro atoms. The van der Waals surface area contributed by atoms with Gasteiger partial charge in [0.1, 0.15) is 0 Å². The molecule has 0 aliphatic rings. The van der Waals surface area contributed by atoms with Gasteiger partial charge in [0.25, 0.3) is 0 Å². The van der Waals surface area contributed by atoms with Gasteiger partial charge in [0.15, 0.2) is 0 Å². The highest BCUT2D eigenvalue weighted by Gasteiger charge is 2.38. The maximum absolute atomic E-state index is 12.0. The fraction of sp³-hybridized carbons (Fsp3) is 0.300. The minimum Gasteiger partial charge on any atom is -0.396 e. The van der Waals surface area contributed by atoms with Gasteiger partial charge in [-0.15, -0.1) is 0 Å². The number of rotatable bonds is 3. The fourth-order valence-corrected chi connectivity index (χ4v) is 1.17. The first-order valence-electron chi connectivity index (χ1n) is 4.52. The van der Waals surface area contributed by atoms with Gasteiger partial charge in [-0.2, -0.15) is 13.2 Å². The summed E-state index contributed by atoms with van der Waals surface area (Å²) in [5.74, 6) is -2.02. The Kier molecular flexibility index (Phi) is 3.89. The first kappa shape index (κ1) is 12.5. The van der Waals surface area contributed by atoms with Crippen molar-refractivity contribution in [1.29, 1.82) is 0 Å². The Labute approximate surface area is 89.9 Å². The zero-order valence-electron chi connectivity index (χ0n) is 8.21. The highest BCUT2D eigenvalue weighted by Crippen LogP contribution is 2.21. The first-order chi connectivity index (χ1) is 7.45. The van der Waals surface area contributed by atoms with Gasteiger partial charge in [-0.1, -0.05) is 18.2 Å². The normalized spacial score (nSPS) is 11.2. The average molecular weight is 233 g/mol. The van der Waals surface area contributed by atoms with Gasteiger partial charge in [-0.05, 0) is 18.1 Å². The van der Waals surface area contributed by atoms with Crippen LogP contribution in [0, 0.1) is 0 Å². The van der Waals surface area contributed by atoms with E-state index in [4.69, 9.17) is 5.11 Å². The van der Waals surface area contributed by atoms with Crippen molar-refractivity contribution in [2.24, 2.45) is 0 Å². The molecule has 0 aliphatic heterocycles. The van der Waals surface area contributed by atoms with E-state index in [1.165, 1.54) is 12.1 Å². The molecule has 0 bridgehead atoms. The summed E-state index contributed by atoms with van der Waals surface area (Å²) in [6.45, 7) is -0.196. The van der Waals surface area contributed by atoms with E-state index in [9.17, 15) is 18.0 Å². The number of carbonyl (C=O) groups excluding carboxylic acids is 1. The van der Waals surface area contributed by atoms with Crippen molar-refractivity contribution in [1.82, 2.24) is 0 Å². The molecule has 0 aliphatic carbocycles. The highest BCUT2D eigenvalue weighted by molar-refractivity contribution is 5.95. The Balaban J connectivity index is 2.84. The molecule has 1 amide bonds. The van der Waals surface area contributed by atoms with Crippen LogP contribution >= 0.6 is 0 Å². The summed E-state index contributed by atoms with van der Waals surface area (Å²) >= 11 is 0. The Morgan fingerprint density at radius 3 is 2.50 bits per heavy atom. The lowest BCUT2D eigenvalue weighted by molar-refractivity contribution is -0.167. The summed E-state index contributed by atoms with van der Waals surface area (Å²) in [5.41, 5.74) is 0.529. The fourth-order valence-electron chi connectivity index (χ4n) is 1.17. The molecule has 3 nitrogen and oxygen atoms in total. The number of benzene rings is 1. The summed E-state index contributed by atoms with van der Waals surface area (Å²) in [4.78, 5) is 10.7. The quantitative estimate of drug-likeness (QED) is 0.835. The lowest BCUT2D eigenvalue weighted by atomic mass is 10.1. The maximum atomic E-state index is 12.0. The lowest BCUT2D eigenvalue weighted by Gasteiger charge is -2.11. The molecule has 0 saturated heterocycles. The number of alkyl halides is 3. The number of aliphatic hydroxyl groups is 1. The molecule has 6 heteroatoms. The molecular weight excluding hydrogens is 223 g/mol. The summed E-state index contributed by atoms with van der Waals surface area (Å²) < 4.78 is 36.0. The molecule has 2 N–H and O–H groups in total. The van der Waals surface area contributed by atoms with Crippen LogP contribution in [0.1, 0.15) is 5.56 Å². The Bertz CT molecular complexity index is 377. The van der Waals surface area contributed by atoms with Gasteiger partial charge in [-0.25, -0.2) is 0 Å². The van der Waals surface area contributed by atoms with Crippen molar-refractivity contribution in [2.45, 2.75) is 12.6 Å². The molecule has 1 aromatic rings. The topological polar surface area (TPSA) is 49.3 Å². The summed E-state index contributed by atoms with van der Waals surface area (Å²) in [6.07, 6.45) is -4.72. The molecule has 16 heavy (non-hydrogen) atoms. The number of carbonyl (C=O) groups is 1. The predicted octanol–water partition coefficient (Wildman–Crippen LogP) is 1.72. The molecule has 0 atom stereocenters. The number of para-hydroxylation sites is 1. The van der Waals surface area contributed by atoms with Crippen molar-refractivity contribution in [3.63, 3.8) is 0 Å². The van der Waals surface area contributed by atoms with Crippen LogP contribution in [0.3, 0.4) is 0 Å². The second-order valence-electron chi connectivity index (χ2n) is 3.08. The number of hydrogen-bond donors (Lipinski definition) is 2. The number of aliphatic hydroxyl groups excluding tert-OH is 1. The van der Waals surface area contributed by atoms with Gasteiger partial charge in [0.2, 0.25) is 0 Å². The number of halogens is 3. The van der Waals surface area contributed by atoms with Crippen molar-refractivity contribution in [3.8, 4) is 0 Å².